The van der Waals surface area contributed by atoms with Gasteiger partial charge in [-0.1, -0.05) is 6.07 Å². The average Bonchev–Trinajstić information content (AvgIpc) is 3.28. The van der Waals surface area contributed by atoms with Crippen LogP contribution in [0.3, 0.4) is 0 Å². The molecule has 0 saturated carbocycles. The van der Waals surface area contributed by atoms with Gasteiger partial charge >= 0.3 is 0 Å². The Morgan fingerprint density at radius 2 is 1.96 bits per heavy atom. The monoisotopic (exact) mass is 323 g/mol. The van der Waals surface area contributed by atoms with Gasteiger partial charge in [-0.2, -0.15) is 0 Å². The van der Waals surface area contributed by atoms with E-state index in [0.29, 0.717) is 0 Å². The molecule has 0 aliphatic carbocycles. The number of benzene rings is 1. The SMILES string of the molecule is c1cc2c(c(-c3cnc4ccc(N5CCNCC5)nn34)c1)OCO2. The van der Waals surface area contributed by atoms with E-state index in [9.17, 15) is 0 Å². The van der Waals surface area contributed by atoms with Crippen molar-refractivity contribution < 1.29 is 9.47 Å². The summed E-state index contributed by atoms with van der Waals surface area (Å²) in [7, 11) is 0. The quantitative estimate of drug-likeness (QED) is 0.772. The lowest BCUT2D eigenvalue weighted by atomic mass is 10.1. The number of hydrogen-bond donors (Lipinski definition) is 1. The van der Waals surface area contributed by atoms with Gasteiger partial charge in [0.05, 0.1) is 11.9 Å². The Morgan fingerprint density at radius 1 is 1.04 bits per heavy atom. The van der Waals surface area contributed by atoms with Gasteiger partial charge in [0, 0.05) is 31.7 Å². The fourth-order valence-corrected chi connectivity index (χ4v) is 3.24. The first-order chi connectivity index (χ1) is 11.9. The second kappa shape index (κ2) is 5.38. The van der Waals surface area contributed by atoms with Gasteiger partial charge in [0.15, 0.2) is 17.1 Å². The average molecular weight is 323 g/mol. The normalized spacial score (nSPS) is 16.8. The van der Waals surface area contributed by atoms with E-state index in [1.54, 1.807) is 0 Å². The number of anilines is 1. The van der Waals surface area contributed by atoms with Crippen LogP contribution in [0.25, 0.3) is 16.9 Å². The highest BCUT2D eigenvalue weighted by Crippen LogP contribution is 2.41. The van der Waals surface area contributed by atoms with Crippen LogP contribution in [-0.2, 0) is 0 Å². The molecule has 0 spiro atoms. The maximum absolute atomic E-state index is 5.64. The maximum Gasteiger partial charge on any atom is 0.231 e. The zero-order valence-corrected chi connectivity index (χ0v) is 13.1. The summed E-state index contributed by atoms with van der Waals surface area (Å²) < 4.78 is 13.0. The molecule has 1 fully saturated rings. The summed E-state index contributed by atoms with van der Waals surface area (Å²) in [5, 5.41) is 8.18. The molecule has 3 aromatic rings. The zero-order chi connectivity index (χ0) is 15.9. The smallest absolute Gasteiger partial charge is 0.231 e. The summed E-state index contributed by atoms with van der Waals surface area (Å²) in [6.07, 6.45) is 1.83. The fraction of sp³-hybridized carbons (Fsp3) is 0.294. The molecule has 7 nitrogen and oxygen atoms in total. The third-order valence-electron chi connectivity index (χ3n) is 4.46. The van der Waals surface area contributed by atoms with Crippen molar-refractivity contribution in [2.75, 3.05) is 37.9 Å². The molecular weight excluding hydrogens is 306 g/mol. The Kier molecular flexibility index (Phi) is 3.05. The van der Waals surface area contributed by atoms with Crippen LogP contribution in [0.4, 0.5) is 5.82 Å². The topological polar surface area (TPSA) is 63.9 Å². The van der Waals surface area contributed by atoms with E-state index in [2.05, 4.69) is 15.2 Å². The van der Waals surface area contributed by atoms with E-state index in [-0.39, 0.29) is 6.79 Å². The Hall–Kier alpha value is -2.80. The Bertz CT molecular complexity index is 901. The lowest BCUT2D eigenvalue weighted by Gasteiger charge is -2.28. The highest BCUT2D eigenvalue weighted by atomic mass is 16.7. The molecule has 5 rings (SSSR count). The van der Waals surface area contributed by atoms with Crippen molar-refractivity contribution in [1.82, 2.24) is 19.9 Å². The van der Waals surface area contributed by atoms with Crippen molar-refractivity contribution in [1.29, 1.82) is 0 Å². The molecule has 0 atom stereocenters. The second-order valence-electron chi connectivity index (χ2n) is 5.88. The molecule has 0 bridgehead atoms. The molecule has 24 heavy (non-hydrogen) atoms. The van der Waals surface area contributed by atoms with Crippen molar-refractivity contribution in [3.05, 3.63) is 36.5 Å². The number of hydrogen-bond acceptors (Lipinski definition) is 6. The molecule has 1 saturated heterocycles. The first kappa shape index (κ1) is 13.6. The lowest BCUT2D eigenvalue weighted by molar-refractivity contribution is 0.174. The predicted molar refractivity (Wildman–Crippen MR) is 89.6 cm³/mol. The summed E-state index contributed by atoms with van der Waals surface area (Å²) in [6, 6.07) is 9.92. The molecule has 1 N–H and O–H groups in total. The number of piperazine rings is 1. The van der Waals surface area contributed by atoms with Crippen LogP contribution in [0.5, 0.6) is 11.5 Å². The van der Waals surface area contributed by atoms with Crippen LogP contribution in [0, 0.1) is 0 Å². The minimum Gasteiger partial charge on any atom is -0.454 e. The number of ether oxygens (including phenoxy) is 2. The van der Waals surface area contributed by atoms with E-state index in [1.165, 1.54) is 0 Å². The molecule has 0 amide bonds. The van der Waals surface area contributed by atoms with Gasteiger partial charge in [0.25, 0.3) is 0 Å². The van der Waals surface area contributed by atoms with Crippen molar-refractivity contribution in [3.63, 3.8) is 0 Å². The van der Waals surface area contributed by atoms with Gasteiger partial charge in [-0.05, 0) is 24.3 Å². The summed E-state index contributed by atoms with van der Waals surface area (Å²) in [4.78, 5) is 6.77. The van der Waals surface area contributed by atoms with Crippen LogP contribution < -0.4 is 19.7 Å². The fourth-order valence-electron chi connectivity index (χ4n) is 3.24. The number of fused-ring (bicyclic) bond motifs is 2. The lowest BCUT2D eigenvalue weighted by Crippen LogP contribution is -2.44. The highest BCUT2D eigenvalue weighted by Gasteiger charge is 2.21. The van der Waals surface area contributed by atoms with Gasteiger partial charge in [-0.25, -0.2) is 9.50 Å². The van der Waals surface area contributed by atoms with Gasteiger partial charge < -0.3 is 19.7 Å². The van der Waals surface area contributed by atoms with Gasteiger partial charge in [-0.15, -0.1) is 5.10 Å². The van der Waals surface area contributed by atoms with Gasteiger partial charge in [0.2, 0.25) is 6.79 Å². The molecule has 2 aliphatic heterocycles. The zero-order valence-electron chi connectivity index (χ0n) is 13.1. The molecular formula is C17H17N5O2. The van der Waals surface area contributed by atoms with Gasteiger partial charge in [0.1, 0.15) is 5.82 Å². The molecule has 2 aliphatic rings. The Balaban J connectivity index is 1.63. The third kappa shape index (κ3) is 2.09. The second-order valence-corrected chi connectivity index (χ2v) is 5.88. The van der Waals surface area contributed by atoms with Crippen molar-refractivity contribution in [2.24, 2.45) is 0 Å². The standard InChI is InChI=1S/C17H17N5O2/c1-2-12(17-14(3-1)23-11-24-17)13-10-19-15-4-5-16(20-22(13)15)21-8-6-18-7-9-21/h1-5,10,18H,6-9,11H2. The van der Waals surface area contributed by atoms with E-state index < -0.39 is 0 Å². The van der Waals surface area contributed by atoms with E-state index in [0.717, 1.165) is 60.4 Å². The first-order valence-electron chi connectivity index (χ1n) is 8.09. The van der Waals surface area contributed by atoms with Crippen molar-refractivity contribution >= 4 is 11.5 Å². The number of imidazole rings is 1. The third-order valence-corrected chi connectivity index (χ3v) is 4.46. The molecule has 2 aromatic heterocycles. The van der Waals surface area contributed by atoms with Crippen LogP contribution in [-0.4, -0.2) is 47.6 Å². The molecule has 0 unspecified atom stereocenters. The molecule has 122 valence electrons. The summed E-state index contributed by atoms with van der Waals surface area (Å²) in [5.41, 5.74) is 2.67. The number of aromatic nitrogens is 3. The maximum atomic E-state index is 5.64. The number of nitrogens with zero attached hydrogens (tertiary/aromatic N) is 4. The molecule has 4 heterocycles. The van der Waals surface area contributed by atoms with E-state index in [4.69, 9.17) is 14.6 Å². The van der Waals surface area contributed by atoms with E-state index in [1.807, 2.05) is 41.0 Å². The highest BCUT2D eigenvalue weighted by molar-refractivity contribution is 5.73. The summed E-state index contributed by atoms with van der Waals surface area (Å²) >= 11 is 0. The van der Waals surface area contributed by atoms with Crippen LogP contribution >= 0.6 is 0 Å². The number of rotatable bonds is 2. The van der Waals surface area contributed by atoms with Crippen molar-refractivity contribution in [2.45, 2.75) is 0 Å². The molecule has 0 radical (unpaired) electrons. The Labute approximate surface area is 138 Å². The Morgan fingerprint density at radius 3 is 2.88 bits per heavy atom. The van der Waals surface area contributed by atoms with Crippen LogP contribution in [0.2, 0.25) is 0 Å². The predicted octanol–water partition coefficient (Wildman–Crippen LogP) is 1.53. The number of para-hydroxylation sites is 1. The van der Waals surface area contributed by atoms with Gasteiger partial charge in [-0.3, -0.25) is 0 Å². The minimum atomic E-state index is 0.253. The number of nitrogens with one attached hydrogen (secondary N) is 1. The minimum absolute atomic E-state index is 0.253. The van der Waals surface area contributed by atoms with Crippen LogP contribution in [0.1, 0.15) is 0 Å². The first-order valence-corrected chi connectivity index (χ1v) is 8.09. The summed E-state index contributed by atoms with van der Waals surface area (Å²) in [6.45, 7) is 4.13. The largest absolute Gasteiger partial charge is 0.454 e. The molecule has 7 heteroatoms. The molecule has 1 aromatic carbocycles. The summed E-state index contributed by atoms with van der Waals surface area (Å²) in [5.74, 6) is 2.49. The van der Waals surface area contributed by atoms with E-state index >= 15 is 0 Å². The van der Waals surface area contributed by atoms with Crippen molar-refractivity contribution in [3.8, 4) is 22.8 Å². The van der Waals surface area contributed by atoms with Crippen LogP contribution in [0.15, 0.2) is 36.5 Å².